The number of benzene rings is 2. The number of aryl methyl sites for hydroxylation is 1. The molecular formula is C20H24ClNO4. The van der Waals surface area contributed by atoms with E-state index in [0.717, 1.165) is 11.1 Å². The molecule has 0 radical (unpaired) electrons. The summed E-state index contributed by atoms with van der Waals surface area (Å²) in [6.07, 6.45) is 0.934. The van der Waals surface area contributed by atoms with E-state index in [-0.39, 0.29) is 19.1 Å². The van der Waals surface area contributed by atoms with Gasteiger partial charge in [-0.2, -0.15) is 0 Å². The van der Waals surface area contributed by atoms with Gasteiger partial charge in [-0.3, -0.25) is 4.79 Å². The standard InChI is InChI=1S/C20H24ClNO4/c1-25-18-7-8-19(26-2)16(13-18)14-22(10-11-23)20(24)9-6-15-4-3-5-17(21)12-15/h3-5,7-8,12-13,23H,6,9-11,14H2,1-2H3. The average Bonchev–Trinajstić information content (AvgIpc) is 2.65. The summed E-state index contributed by atoms with van der Waals surface area (Å²) in [6, 6.07) is 12.9. The molecule has 0 bridgehead atoms. The molecule has 140 valence electrons. The number of carbonyl (C=O) groups is 1. The monoisotopic (exact) mass is 377 g/mol. The normalized spacial score (nSPS) is 10.5. The number of aliphatic hydroxyl groups excluding tert-OH is 1. The molecule has 0 unspecified atom stereocenters. The highest BCUT2D eigenvalue weighted by Crippen LogP contribution is 2.25. The zero-order valence-corrected chi connectivity index (χ0v) is 15.8. The van der Waals surface area contributed by atoms with Gasteiger partial charge in [0.1, 0.15) is 11.5 Å². The number of aliphatic hydroxyl groups is 1. The first-order chi connectivity index (χ1) is 12.6. The van der Waals surface area contributed by atoms with Crippen molar-refractivity contribution in [1.29, 1.82) is 0 Å². The van der Waals surface area contributed by atoms with Crippen molar-refractivity contribution >= 4 is 17.5 Å². The third-order valence-corrected chi connectivity index (χ3v) is 4.32. The average molecular weight is 378 g/mol. The van der Waals surface area contributed by atoms with Gasteiger partial charge in [-0.05, 0) is 42.3 Å². The predicted molar refractivity (Wildman–Crippen MR) is 102 cm³/mol. The minimum Gasteiger partial charge on any atom is -0.497 e. The Kier molecular flexibility index (Phi) is 7.75. The number of hydrogen-bond acceptors (Lipinski definition) is 4. The van der Waals surface area contributed by atoms with Crippen LogP contribution in [0.1, 0.15) is 17.5 Å². The Bertz CT molecular complexity index is 736. The zero-order chi connectivity index (χ0) is 18.9. The third-order valence-electron chi connectivity index (χ3n) is 4.09. The van der Waals surface area contributed by atoms with Gasteiger partial charge in [0.05, 0.1) is 20.8 Å². The van der Waals surface area contributed by atoms with Crippen molar-refractivity contribution in [2.75, 3.05) is 27.4 Å². The van der Waals surface area contributed by atoms with Crippen LogP contribution in [0, 0.1) is 0 Å². The molecule has 0 aliphatic heterocycles. The number of halogens is 1. The van der Waals surface area contributed by atoms with Crippen LogP contribution in [-0.4, -0.2) is 43.3 Å². The van der Waals surface area contributed by atoms with E-state index in [0.29, 0.717) is 35.9 Å². The van der Waals surface area contributed by atoms with E-state index in [1.165, 1.54) is 0 Å². The fourth-order valence-corrected chi connectivity index (χ4v) is 2.94. The second-order valence-corrected chi connectivity index (χ2v) is 6.28. The molecule has 2 aromatic carbocycles. The summed E-state index contributed by atoms with van der Waals surface area (Å²) < 4.78 is 10.6. The molecule has 0 saturated carbocycles. The molecule has 6 heteroatoms. The molecule has 0 fully saturated rings. The number of rotatable bonds is 9. The topological polar surface area (TPSA) is 59.0 Å². The third kappa shape index (κ3) is 5.64. The summed E-state index contributed by atoms with van der Waals surface area (Å²) in [6.45, 7) is 0.499. The van der Waals surface area contributed by atoms with Crippen molar-refractivity contribution in [2.45, 2.75) is 19.4 Å². The quantitative estimate of drug-likeness (QED) is 0.728. The molecule has 0 atom stereocenters. The Labute approximate surface area is 159 Å². The van der Waals surface area contributed by atoms with E-state index in [9.17, 15) is 9.90 Å². The summed E-state index contributed by atoms with van der Waals surface area (Å²) in [5.41, 5.74) is 1.84. The van der Waals surface area contributed by atoms with Crippen LogP contribution in [0.3, 0.4) is 0 Å². The van der Waals surface area contributed by atoms with Crippen molar-refractivity contribution in [3.8, 4) is 11.5 Å². The highest BCUT2D eigenvalue weighted by Gasteiger charge is 2.16. The molecule has 0 spiro atoms. The number of nitrogens with zero attached hydrogens (tertiary/aromatic N) is 1. The Morgan fingerprint density at radius 2 is 1.96 bits per heavy atom. The van der Waals surface area contributed by atoms with E-state index in [1.54, 1.807) is 31.3 Å². The van der Waals surface area contributed by atoms with Gasteiger partial charge in [-0.15, -0.1) is 0 Å². The molecule has 1 N–H and O–H groups in total. The van der Waals surface area contributed by atoms with Gasteiger partial charge >= 0.3 is 0 Å². The van der Waals surface area contributed by atoms with Gasteiger partial charge in [0, 0.05) is 30.1 Å². The lowest BCUT2D eigenvalue weighted by atomic mass is 10.1. The molecular weight excluding hydrogens is 354 g/mol. The molecule has 5 nitrogen and oxygen atoms in total. The molecule has 0 saturated heterocycles. The van der Waals surface area contributed by atoms with E-state index in [2.05, 4.69) is 0 Å². The van der Waals surface area contributed by atoms with Gasteiger partial charge < -0.3 is 19.5 Å². The summed E-state index contributed by atoms with van der Waals surface area (Å²) in [5.74, 6) is 1.33. The zero-order valence-electron chi connectivity index (χ0n) is 15.1. The molecule has 26 heavy (non-hydrogen) atoms. The van der Waals surface area contributed by atoms with Gasteiger partial charge in [0.2, 0.25) is 5.91 Å². The van der Waals surface area contributed by atoms with Crippen LogP contribution >= 0.6 is 11.6 Å². The first-order valence-corrected chi connectivity index (χ1v) is 8.79. The fourth-order valence-electron chi connectivity index (χ4n) is 2.73. The van der Waals surface area contributed by atoms with Gasteiger partial charge in [0.25, 0.3) is 0 Å². The van der Waals surface area contributed by atoms with Crippen molar-refractivity contribution in [3.05, 3.63) is 58.6 Å². The Morgan fingerprint density at radius 1 is 1.15 bits per heavy atom. The summed E-state index contributed by atoms with van der Waals surface area (Å²) in [4.78, 5) is 14.3. The van der Waals surface area contributed by atoms with Crippen molar-refractivity contribution in [1.82, 2.24) is 4.90 Å². The van der Waals surface area contributed by atoms with Gasteiger partial charge in [0.15, 0.2) is 0 Å². The minimum absolute atomic E-state index is 0.0381. The van der Waals surface area contributed by atoms with E-state index in [1.807, 2.05) is 30.3 Å². The van der Waals surface area contributed by atoms with Gasteiger partial charge in [-0.1, -0.05) is 23.7 Å². The summed E-state index contributed by atoms with van der Waals surface area (Å²) >= 11 is 5.99. The largest absolute Gasteiger partial charge is 0.497 e. The van der Waals surface area contributed by atoms with Crippen molar-refractivity contribution in [2.24, 2.45) is 0 Å². The van der Waals surface area contributed by atoms with Crippen LogP contribution in [0.15, 0.2) is 42.5 Å². The van der Waals surface area contributed by atoms with E-state index < -0.39 is 0 Å². The number of methoxy groups -OCH3 is 2. The van der Waals surface area contributed by atoms with Gasteiger partial charge in [-0.25, -0.2) is 0 Å². The van der Waals surface area contributed by atoms with Crippen LogP contribution in [0.25, 0.3) is 0 Å². The van der Waals surface area contributed by atoms with E-state index >= 15 is 0 Å². The highest BCUT2D eigenvalue weighted by molar-refractivity contribution is 6.30. The van der Waals surface area contributed by atoms with Crippen molar-refractivity contribution in [3.63, 3.8) is 0 Å². The SMILES string of the molecule is COc1ccc(OC)c(CN(CCO)C(=O)CCc2cccc(Cl)c2)c1. The van der Waals surface area contributed by atoms with Crippen LogP contribution in [-0.2, 0) is 17.8 Å². The summed E-state index contributed by atoms with van der Waals surface area (Å²) in [7, 11) is 3.18. The van der Waals surface area contributed by atoms with Crippen LogP contribution in [0.2, 0.25) is 5.02 Å². The van der Waals surface area contributed by atoms with E-state index in [4.69, 9.17) is 21.1 Å². The first-order valence-electron chi connectivity index (χ1n) is 8.41. The maximum absolute atomic E-state index is 12.7. The number of amides is 1. The van der Waals surface area contributed by atoms with Crippen molar-refractivity contribution < 1.29 is 19.4 Å². The maximum atomic E-state index is 12.7. The Balaban J connectivity index is 2.08. The maximum Gasteiger partial charge on any atom is 0.223 e. The lowest BCUT2D eigenvalue weighted by molar-refractivity contribution is -0.132. The van der Waals surface area contributed by atoms with Crippen LogP contribution < -0.4 is 9.47 Å². The number of carbonyl (C=O) groups excluding carboxylic acids is 1. The Morgan fingerprint density at radius 3 is 2.62 bits per heavy atom. The molecule has 2 rings (SSSR count). The summed E-state index contributed by atoms with van der Waals surface area (Å²) in [5, 5.41) is 10.0. The number of hydrogen-bond donors (Lipinski definition) is 1. The van der Waals surface area contributed by atoms with Crippen LogP contribution in [0.5, 0.6) is 11.5 Å². The van der Waals surface area contributed by atoms with Crippen LogP contribution in [0.4, 0.5) is 0 Å². The number of ether oxygens (including phenoxy) is 2. The predicted octanol–water partition coefficient (Wildman–Crippen LogP) is 3.31. The lowest BCUT2D eigenvalue weighted by Gasteiger charge is -2.23. The molecule has 0 heterocycles. The molecule has 0 aliphatic rings. The molecule has 1 amide bonds. The molecule has 2 aromatic rings. The smallest absolute Gasteiger partial charge is 0.223 e. The Hall–Kier alpha value is -2.24. The lowest BCUT2D eigenvalue weighted by Crippen LogP contribution is -2.33. The second kappa shape index (κ2) is 10.0. The first kappa shape index (κ1) is 20.1. The molecule has 0 aliphatic carbocycles. The fraction of sp³-hybridized carbons (Fsp3) is 0.350. The molecule has 0 aromatic heterocycles. The minimum atomic E-state index is -0.102. The highest BCUT2D eigenvalue weighted by atomic mass is 35.5. The second-order valence-electron chi connectivity index (χ2n) is 5.85.